The molecule has 1 aromatic carbocycles. The van der Waals surface area contributed by atoms with E-state index in [0.29, 0.717) is 29.9 Å². The molecule has 0 fully saturated rings. The minimum absolute atomic E-state index is 0.0455. The van der Waals surface area contributed by atoms with E-state index in [0.717, 1.165) is 10.3 Å². The van der Waals surface area contributed by atoms with Gasteiger partial charge in [0.25, 0.3) is 0 Å². The van der Waals surface area contributed by atoms with Crippen molar-refractivity contribution in [3.05, 3.63) is 52.9 Å². The van der Waals surface area contributed by atoms with Crippen molar-refractivity contribution in [3.63, 3.8) is 0 Å². The molecule has 0 radical (unpaired) electrons. The Kier molecular flexibility index (Phi) is 4.80. The van der Waals surface area contributed by atoms with Gasteiger partial charge in [0, 0.05) is 37.8 Å². The number of hydrogen-bond donors (Lipinski definition) is 2. The molecular formula is C17H16BrFN4O. The summed E-state index contributed by atoms with van der Waals surface area (Å²) in [4.78, 5) is 15.9. The Bertz CT molecular complexity index is 893. The molecule has 0 aliphatic heterocycles. The maximum atomic E-state index is 14.1. The summed E-state index contributed by atoms with van der Waals surface area (Å²) in [6.45, 7) is 0.464. The Hall–Kier alpha value is -2.41. The molecule has 0 saturated carbocycles. The lowest BCUT2D eigenvalue weighted by atomic mass is 10.1. The van der Waals surface area contributed by atoms with E-state index in [-0.39, 0.29) is 11.7 Å². The van der Waals surface area contributed by atoms with Crippen molar-refractivity contribution in [2.24, 2.45) is 0 Å². The number of fused-ring (bicyclic) bond motifs is 1. The van der Waals surface area contributed by atoms with E-state index >= 15 is 0 Å². The van der Waals surface area contributed by atoms with Crippen molar-refractivity contribution in [1.82, 2.24) is 14.7 Å². The Balaban J connectivity index is 2.01. The molecule has 2 heterocycles. The average Bonchev–Trinajstić information content (AvgIpc) is 2.96. The maximum Gasteiger partial charge on any atom is 0.221 e. The summed E-state index contributed by atoms with van der Waals surface area (Å²) in [5.41, 5.74) is 1.64. The van der Waals surface area contributed by atoms with E-state index in [1.165, 1.54) is 6.07 Å². The van der Waals surface area contributed by atoms with Crippen LogP contribution < -0.4 is 10.6 Å². The zero-order chi connectivity index (χ0) is 17.1. The zero-order valence-corrected chi connectivity index (χ0v) is 14.6. The van der Waals surface area contributed by atoms with Crippen LogP contribution in [-0.2, 0) is 4.79 Å². The number of benzene rings is 1. The predicted octanol–water partition coefficient (Wildman–Crippen LogP) is 3.45. The van der Waals surface area contributed by atoms with Gasteiger partial charge >= 0.3 is 0 Å². The lowest BCUT2D eigenvalue weighted by Gasteiger charge is -2.12. The van der Waals surface area contributed by atoms with Crippen molar-refractivity contribution in [1.29, 1.82) is 0 Å². The first-order valence-corrected chi connectivity index (χ1v) is 8.26. The molecule has 0 unspecified atom stereocenters. The summed E-state index contributed by atoms with van der Waals surface area (Å²) in [5, 5.41) is 5.80. The van der Waals surface area contributed by atoms with Gasteiger partial charge in [0.1, 0.15) is 11.6 Å². The summed E-state index contributed by atoms with van der Waals surface area (Å²) in [6, 6.07) is 10.2. The van der Waals surface area contributed by atoms with Crippen LogP contribution in [0.1, 0.15) is 6.42 Å². The molecule has 5 nitrogen and oxygen atoms in total. The highest BCUT2D eigenvalue weighted by Gasteiger charge is 2.12. The number of aromatic nitrogens is 2. The van der Waals surface area contributed by atoms with Gasteiger partial charge in [-0.05, 0) is 34.1 Å². The van der Waals surface area contributed by atoms with Gasteiger partial charge in [0.15, 0.2) is 5.65 Å². The summed E-state index contributed by atoms with van der Waals surface area (Å²) >= 11 is 3.46. The highest BCUT2D eigenvalue weighted by Crippen LogP contribution is 2.28. The first kappa shape index (κ1) is 16.4. The second-order valence-corrected chi connectivity index (χ2v) is 6.07. The van der Waals surface area contributed by atoms with Crippen LogP contribution in [0.3, 0.4) is 0 Å². The number of nitrogens with one attached hydrogen (secondary N) is 2. The van der Waals surface area contributed by atoms with Gasteiger partial charge in [-0.25, -0.2) is 9.37 Å². The molecular weight excluding hydrogens is 375 g/mol. The fraction of sp³-hybridized carbons (Fsp3) is 0.176. The smallest absolute Gasteiger partial charge is 0.221 e. The number of anilines is 1. The Morgan fingerprint density at radius 3 is 2.88 bits per heavy atom. The molecule has 3 rings (SSSR count). The van der Waals surface area contributed by atoms with Gasteiger partial charge in [-0.15, -0.1) is 0 Å². The molecule has 0 saturated heterocycles. The molecule has 3 aromatic rings. The van der Waals surface area contributed by atoms with Crippen molar-refractivity contribution < 1.29 is 9.18 Å². The average molecular weight is 391 g/mol. The number of carbonyl (C=O) groups excluding carboxylic acids is 1. The standard InChI is InChI=1S/C17H16BrFN4O/c1-20-16(24)6-8-21-15-10-14(11-4-2-3-5-13(11)19)22-17-12(18)7-9-23(15)17/h2-5,7,9-10,21H,6,8H2,1H3,(H,20,24). The second-order valence-electron chi connectivity index (χ2n) is 5.21. The third kappa shape index (κ3) is 3.26. The van der Waals surface area contributed by atoms with Crippen LogP contribution in [-0.4, -0.2) is 28.9 Å². The van der Waals surface area contributed by atoms with E-state index in [1.807, 2.05) is 16.7 Å². The van der Waals surface area contributed by atoms with Crippen molar-refractivity contribution >= 4 is 33.3 Å². The number of halogens is 2. The molecule has 124 valence electrons. The van der Waals surface area contributed by atoms with Gasteiger partial charge < -0.3 is 10.6 Å². The van der Waals surface area contributed by atoms with Crippen LogP contribution in [0, 0.1) is 5.82 Å². The maximum absolute atomic E-state index is 14.1. The zero-order valence-electron chi connectivity index (χ0n) is 13.0. The van der Waals surface area contributed by atoms with Gasteiger partial charge in [-0.1, -0.05) is 12.1 Å². The Labute approximate surface area is 147 Å². The minimum Gasteiger partial charge on any atom is -0.371 e. The van der Waals surface area contributed by atoms with Crippen molar-refractivity contribution in [3.8, 4) is 11.3 Å². The van der Waals surface area contributed by atoms with Gasteiger partial charge in [-0.2, -0.15) is 0 Å². The van der Waals surface area contributed by atoms with Gasteiger partial charge in [0.2, 0.25) is 5.91 Å². The monoisotopic (exact) mass is 390 g/mol. The molecule has 0 spiro atoms. The van der Waals surface area contributed by atoms with E-state index in [2.05, 4.69) is 31.5 Å². The molecule has 0 atom stereocenters. The summed E-state index contributed by atoms with van der Waals surface area (Å²) in [7, 11) is 1.60. The van der Waals surface area contributed by atoms with Crippen LogP contribution in [0.15, 0.2) is 47.1 Å². The number of nitrogens with zero attached hydrogens (tertiary/aromatic N) is 2. The topological polar surface area (TPSA) is 58.4 Å². The first-order chi connectivity index (χ1) is 11.6. The number of amides is 1. The molecule has 24 heavy (non-hydrogen) atoms. The minimum atomic E-state index is -0.326. The molecule has 0 bridgehead atoms. The molecule has 0 aliphatic carbocycles. The lowest BCUT2D eigenvalue weighted by molar-refractivity contribution is -0.120. The normalized spacial score (nSPS) is 10.8. The summed E-state index contributed by atoms with van der Waals surface area (Å²) in [5.74, 6) is 0.372. The third-order valence-electron chi connectivity index (χ3n) is 3.66. The largest absolute Gasteiger partial charge is 0.371 e. The number of hydrogen-bond acceptors (Lipinski definition) is 3. The van der Waals surface area contributed by atoms with Crippen LogP contribution in [0.4, 0.5) is 10.2 Å². The fourth-order valence-corrected chi connectivity index (χ4v) is 2.82. The highest BCUT2D eigenvalue weighted by atomic mass is 79.9. The highest BCUT2D eigenvalue weighted by molar-refractivity contribution is 9.10. The third-order valence-corrected chi connectivity index (χ3v) is 4.28. The quantitative estimate of drug-likeness (QED) is 0.701. The van der Waals surface area contributed by atoms with E-state index in [9.17, 15) is 9.18 Å². The molecule has 2 N–H and O–H groups in total. The summed E-state index contributed by atoms with van der Waals surface area (Å²) in [6.07, 6.45) is 2.21. The first-order valence-electron chi connectivity index (χ1n) is 7.47. The van der Waals surface area contributed by atoms with Gasteiger partial charge in [0.05, 0.1) is 10.2 Å². The Morgan fingerprint density at radius 2 is 2.12 bits per heavy atom. The van der Waals surface area contributed by atoms with Crippen LogP contribution in [0.5, 0.6) is 0 Å². The lowest BCUT2D eigenvalue weighted by Crippen LogP contribution is -2.21. The second kappa shape index (κ2) is 7.00. The van der Waals surface area contributed by atoms with Crippen LogP contribution in [0.25, 0.3) is 16.9 Å². The number of carbonyl (C=O) groups is 1. The van der Waals surface area contributed by atoms with Crippen molar-refractivity contribution in [2.75, 3.05) is 18.9 Å². The molecule has 2 aromatic heterocycles. The molecule has 1 amide bonds. The van der Waals surface area contributed by atoms with E-state index in [1.54, 1.807) is 31.3 Å². The SMILES string of the molecule is CNC(=O)CCNc1cc(-c2ccccc2F)nc2c(Br)ccn12. The van der Waals surface area contributed by atoms with Gasteiger partial charge in [-0.3, -0.25) is 9.20 Å². The predicted molar refractivity (Wildman–Crippen MR) is 95.5 cm³/mol. The van der Waals surface area contributed by atoms with Crippen LogP contribution in [0.2, 0.25) is 0 Å². The van der Waals surface area contributed by atoms with Crippen molar-refractivity contribution in [2.45, 2.75) is 6.42 Å². The fourth-order valence-electron chi connectivity index (χ4n) is 2.42. The number of rotatable bonds is 5. The molecule has 7 heteroatoms. The Morgan fingerprint density at radius 1 is 1.33 bits per heavy atom. The summed E-state index contributed by atoms with van der Waals surface area (Å²) < 4.78 is 16.8. The van der Waals surface area contributed by atoms with E-state index in [4.69, 9.17) is 0 Å². The van der Waals surface area contributed by atoms with Crippen LogP contribution >= 0.6 is 15.9 Å². The van der Waals surface area contributed by atoms with E-state index < -0.39 is 0 Å². The molecule has 0 aliphatic rings.